The third kappa shape index (κ3) is 2.62. The van der Waals surface area contributed by atoms with Crippen LogP contribution in [0.4, 0.5) is 5.69 Å². The summed E-state index contributed by atoms with van der Waals surface area (Å²) in [5.41, 5.74) is 7.98. The van der Waals surface area contributed by atoms with Gasteiger partial charge in [0.15, 0.2) is 0 Å². The van der Waals surface area contributed by atoms with Crippen LogP contribution in [0.1, 0.15) is 50.5 Å². The van der Waals surface area contributed by atoms with E-state index in [2.05, 4.69) is 5.32 Å². The van der Waals surface area contributed by atoms with Crippen molar-refractivity contribution in [3.05, 3.63) is 29.8 Å². The number of aryl methyl sites for hydroxylation is 1. The maximum Gasteiger partial charge on any atom is 0.220 e. The molecule has 0 radical (unpaired) electrons. The molecule has 0 atom stereocenters. The van der Waals surface area contributed by atoms with Crippen LogP contribution in [0, 0.1) is 17.8 Å². The Labute approximate surface area is 132 Å². The van der Waals surface area contributed by atoms with E-state index in [0.717, 1.165) is 35.4 Å². The summed E-state index contributed by atoms with van der Waals surface area (Å²) in [5.74, 6) is 2.83. The Balaban J connectivity index is 1.37. The molecule has 4 aliphatic carbocycles. The van der Waals surface area contributed by atoms with Crippen LogP contribution >= 0.6 is 0 Å². The Morgan fingerprint density at radius 2 is 1.68 bits per heavy atom. The lowest BCUT2D eigenvalue weighted by atomic mass is 9.53. The standard InChI is InChI=1S/C19H26N2O/c20-17-4-2-1-3-16(17)5-6-18(22)21-19-10-13-7-14(11-19)9-15(8-13)12-19/h1-4,13-15H,5-12,20H2,(H,21,22). The summed E-state index contributed by atoms with van der Waals surface area (Å²) in [6, 6.07) is 7.86. The fourth-order valence-corrected chi connectivity index (χ4v) is 5.63. The lowest BCUT2D eigenvalue weighted by Crippen LogP contribution is -2.59. The number of amides is 1. The van der Waals surface area contributed by atoms with Gasteiger partial charge in [0.25, 0.3) is 0 Å². The fraction of sp³-hybridized carbons (Fsp3) is 0.632. The van der Waals surface area contributed by atoms with Crippen LogP contribution in [-0.2, 0) is 11.2 Å². The summed E-state index contributed by atoms with van der Waals surface area (Å²) < 4.78 is 0. The number of anilines is 1. The van der Waals surface area contributed by atoms with Crippen molar-refractivity contribution in [3.8, 4) is 0 Å². The van der Waals surface area contributed by atoms with Crippen molar-refractivity contribution in [3.63, 3.8) is 0 Å². The number of nitrogen functional groups attached to an aromatic ring is 1. The first-order valence-electron chi connectivity index (χ1n) is 8.76. The van der Waals surface area contributed by atoms with Gasteiger partial charge in [0, 0.05) is 17.6 Å². The SMILES string of the molecule is Nc1ccccc1CCC(=O)NC12CC3CC(CC(C3)C1)C2. The van der Waals surface area contributed by atoms with Crippen LogP contribution in [-0.4, -0.2) is 11.4 Å². The van der Waals surface area contributed by atoms with Gasteiger partial charge in [-0.1, -0.05) is 18.2 Å². The van der Waals surface area contributed by atoms with E-state index in [9.17, 15) is 4.79 Å². The highest BCUT2D eigenvalue weighted by molar-refractivity contribution is 5.77. The van der Waals surface area contributed by atoms with Crippen LogP contribution < -0.4 is 11.1 Å². The van der Waals surface area contributed by atoms with Crippen LogP contribution in [0.3, 0.4) is 0 Å². The molecule has 0 aliphatic heterocycles. The van der Waals surface area contributed by atoms with Gasteiger partial charge in [0.2, 0.25) is 5.91 Å². The van der Waals surface area contributed by atoms with Crippen molar-refractivity contribution in [1.82, 2.24) is 5.32 Å². The van der Waals surface area contributed by atoms with Crippen LogP contribution in [0.5, 0.6) is 0 Å². The van der Waals surface area contributed by atoms with Gasteiger partial charge in [-0.25, -0.2) is 0 Å². The maximum atomic E-state index is 12.5. The summed E-state index contributed by atoms with van der Waals surface area (Å²) in [6.07, 6.45) is 9.19. The molecule has 0 unspecified atom stereocenters. The second kappa shape index (κ2) is 5.29. The molecule has 5 rings (SSSR count). The van der Waals surface area contributed by atoms with Crippen molar-refractivity contribution >= 4 is 11.6 Å². The Morgan fingerprint density at radius 1 is 1.09 bits per heavy atom. The first-order chi connectivity index (χ1) is 10.6. The van der Waals surface area contributed by atoms with Gasteiger partial charge < -0.3 is 11.1 Å². The third-order valence-corrected chi connectivity index (χ3v) is 6.12. The van der Waals surface area contributed by atoms with Crippen molar-refractivity contribution in [2.45, 2.75) is 56.9 Å². The van der Waals surface area contributed by atoms with E-state index in [1.54, 1.807) is 0 Å². The molecule has 3 nitrogen and oxygen atoms in total. The number of benzene rings is 1. The number of rotatable bonds is 4. The molecule has 1 aromatic carbocycles. The molecule has 4 bridgehead atoms. The minimum Gasteiger partial charge on any atom is -0.399 e. The first-order valence-corrected chi connectivity index (χ1v) is 8.76. The lowest BCUT2D eigenvalue weighted by molar-refractivity contribution is -0.126. The molecule has 0 spiro atoms. The second-order valence-corrected chi connectivity index (χ2v) is 7.94. The number of hydrogen-bond donors (Lipinski definition) is 2. The molecule has 3 N–H and O–H groups in total. The average Bonchev–Trinajstić information content (AvgIpc) is 2.44. The number of carbonyl (C=O) groups is 1. The predicted octanol–water partition coefficient (Wildman–Crippen LogP) is 3.29. The Kier molecular flexibility index (Phi) is 3.39. The molecule has 4 fully saturated rings. The number of hydrogen-bond acceptors (Lipinski definition) is 2. The maximum absolute atomic E-state index is 12.5. The topological polar surface area (TPSA) is 55.1 Å². The molecule has 4 saturated carbocycles. The first kappa shape index (κ1) is 14.1. The Bertz CT molecular complexity index is 545. The summed E-state index contributed by atoms with van der Waals surface area (Å²) in [4.78, 5) is 12.5. The molecule has 0 aromatic heterocycles. The highest BCUT2D eigenvalue weighted by atomic mass is 16.1. The molecule has 118 valence electrons. The number of carbonyl (C=O) groups excluding carboxylic acids is 1. The number of nitrogens with two attached hydrogens (primary N) is 1. The van der Waals surface area contributed by atoms with Crippen molar-refractivity contribution in [2.24, 2.45) is 17.8 Å². The molecule has 0 saturated heterocycles. The largest absolute Gasteiger partial charge is 0.399 e. The summed E-state index contributed by atoms with van der Waals surface area (Å²) in [6.45, 7) is 0. The zero-order valence-electron chi connectivity index (χ0n) is 13.2. The van der Waals surface area contributed by atoms with Gasteiger partial charge >= 0.3 is 0 Å². The van der Waals surface area contributed by atoms with E-state index in [0.29, 0.717) is 6.42 Å². The normalized spacial score (nSPS) is 35.5. The van der Waals surface area contributed by atoms with Crippen LogP contribution in [0.2, 0.25) is 0 Å². The van der Waals surface area contributed by atoms with Gasteiger partial charge in [-0.15, -0.1) is 0 Å². The van der Waals surface area contributed by atoms with Crippen LogP contribution in [0.15, 0.2) is 24.3 Å². The zero-order chi connectivity index (χ0) is 15.2. The molecule has 22 heavy (non-hydrogen) atoms. The van der Waals surface area contributed by atoms with Crippen molar-refractivity contribution < 1.29 is 4.79 Å². The van der Waals surface area contributed by atoms with Gasteiger partial charge in [0.05, 0.1) is 0 Å². The van der Waals surface area contributed by atoms with E-state index in [-0.39, 0.29) is 11.4 Å². The minimum atomic E-state index is 0.133. The monoisotopic (exact) mass is 298 g/mol. The van der Waals surface area contributed by atoms with Gasteiger partial charge in [-0.05, 0) is 74.3 Å². The van der Waals surface area contributed by atoms with E-state index in [1.807, 2.05) is 24.3 Å². The summed E-state index contributed by atoms with van der Waals surface area (Å²) >= 11 is 0. The highest BCUT2D eigenvalue weighted by Crippen LogP contribution is 2.55. The quantitative estimate of drug-likeness (QED) is 0.838. The van der Waals surface area contributed by atoms with E-state index in [1.165, 1.54) is 38.5 Å². The molecule has 1 aromatic rings. The molecular weight excluding hydrogens is 272 g/mol. The van der Waals surface area contributed by atoms with Gasteiger partial charge in [-0.2, -0.15) is 0 Å². The Hall–Kier alpha value is -1.51. The molecule has 1 amide bonds. The molecular formula is C19H26N2O. The zero-order valence-corrected chi connectivity index (χ0v) is 13.2. The van der Waals surface area contributed by atoms with Gasteiger partial charge in [0.1, 0.15) is 0 Å². The van der Waals surface area contributed by atoms with Gasteiger partial charge in [-0.3, -0.25) is 4.79 Å². The number of nitrogens with one attached hydrogen (secondary N) is 1. The summed E-state index contributed by atoms with van der Waals surface area (Å²) in [7, 11) is 0. The summed E-state index contributed by atoms with van der Waals surface area (Å²) in [5, 5.41) is 3.43. The van der Waals surface area contributed by atoms with E-state index in [4.69, 9.17) is 5.73 Å². The third-order valence-electron chi connectivity index (χ3n) is 6.12. The molecule has 3 heteroatoms. The molecule has 0 heterocycles. The smallest absolute Gasteiger partial charge is 0.220 e. The fourth-order valence-electron chi connectivity index (χ4n) is 5.63. The minimum absolute atomic E-state index is 0.133. The number of para-hydroxylation sites is 1. The van der Waals surface area contributed by atoms with E-state index < -0.39 is 0 Å². The Morgan fingerprint density at radius 3 is 2.27 bits per heavy atom. The van der Waals surface area contributed by atoms with Crippen molar-refractivity contribution in [2.75, 3.05) is 5.73 Å². The van der Waals surface area contributed by atoms with E-state index >= 15 is 0 Å². The van der Waals surface area contributed by atoms with Crippen LogP contribution in [0.25, 0.3) is 0 Å². The predicted molar refractivity (Wildman–Crippen MR) is 88.2 cm³/mol. The lowest BCUT2D eigenvalue weighted by Gasteiger charge is -2.56. The molecule has 4 aliphatic rings. The average molecular weight is 298 g/mol. The second-order valence-electron chi connectivity index (χ2n) is 7.94. The van der Waals surface area contributed by atoms with Crippen molar-refractivity contribution in [1.29, 1.82) is 0 Å². The highest BCUT2D eigenvalue weighted by Gasteiger charge is 2.51.